The summed E-state index contributed by atoms with van der Waals surface area (Å²) in [5, 5.41) is 1.80. The Morgan fingerprint density at radius 1 is 0.953 bits per heavy atom. The standard InChI is InChI=1S/C30H21F4N3O4S2/c1-15-5-4-6-18(13-15)35-21(38)14-36-28-25(43-29(36)41)22(16-9-11-17(31)12-10-16)23-24(42-28)27(40)37(26(23)39)20-8-3-2-7-19(20)30(32,33)34/h2-13,22-24H,14H2,1H3,(H,35,38)/t22-,23?,24?/m1/s1. The molecule has 6 rings (SSSR count). The number of imide groups is 1. The first-order chi connectivity index (χ1) is 20.4. The highest BCUT2D eigenvalue weighted by atomic mass is 32.2. The van der Waals surface area contributed by atoms with E-state index in [2.05, 4.69) is 5.32 Å². The number of hydrogen-bond acceptors (Lipinski definition) is 6. The van der Waals surface area contributed by atoms with E-state index in [-0.39, 0.29) is 5.03 Å². The van der Waals surface area contributed by atoms with Crippen LogP contribution in [-0.4, -0.2) is 27.5 Å². The number of amides is 3. The Kier molecular flexibility index (Phi) is 7.25. The first-order valence-corrected chi connectivity index (χ1v) is 14.7. The molecule has 0 saturated carbocycles. The van der Waals surface area contributed by atoms with Crippen LogP contribution in [0, 0.1) is 18.7 Å². The van der Waals surface area contributed by atoms with Crippen molar-refractivity contribution in [2.24, 2.45) is 5.92 Å². The van der Waals surface area contributed by atoms with Gasteiger partial charge in [-0.1, -0.05) is 59.5 Å². The Balaban J connectivity index is 1.43. The summed E-state index contributed by atoms with van der Waals surface area (Å²) in [6, 6.07) is 16.6. The second-order valence-corrected chi connectivity index (χ2v) is 12.3. The van der Waals surface area contributed by atoms with Gasteiger partial charge >= 0.3 is 11.0 Å². The van der Waals surface area contributed by atoms with Gasteiger partial charge in [-0.2, -0.15) is 13.2 Å². The predicted molar refractivity (Wildman–Crippen MR) is 154 cm³/mol. The summed E-state index contributed by atoms with van der Waals surface area (Å²) in [4.78, 5) is 54.3. The van der Waals surface area contributed by atoms with Gasteiger partial charge in [-0.05, 0) is 54.4 Å². The molecule has 0 spiro atoms. The van der Waals surface area contributed by atoms with E-state index in [9.17, 15) is 36.7 Å². The number of para-hydroxylation sites is 1. The lowest BCUT2D eigenvalue weighted by Crippen LogP contribution is -2.33. The van der Waals surface area contributed by atoms with Crippen LogP contribution in [0.3, 0.4) is 0 Å². The first kappa shape index (κ1) is 28.9. The van der Waals surface area contributed by atoms with E-state index >= 15 is 0 Å². The summed E-state index contributed by atoms with van der Waals surface area (Å²) in [7, 11) is 0. The largest absolute Gasteiger partial charge is 0.418 e. The molecule has 3 heterocycles. The minimum Gasteiger partial charge on any atom is -0.325 e. The fraction of sp³-hybridized carbons (Fsp3) is 0.200. The van der Waals surface area contributed by atoms with Gasteiger partial charge in [-0.3, -0.25) is 23.7 Å². The van der Waals surface area contributed by atoms with Gasteiger partial charge in [-0.15, -0.1) is 0 Å². The zero-order valence-corrected chi connectivity index (χ0v) is 23.9. The third-order valence-electron chi connectivity index (χ3n) is 7.33. The number of nitrogens with zero attached hydrogens (tertiary/aromatic N) is 2. The molecule has 1 N–H and O–H groups in total. The van der Waals surface area contributed by atoms with Crippen molar-refractivity contribution in [1.82, 2.24) is 4.57 Å². The van der Waals surface area contributed by atoms with Gasteiger partial charge in [0.25, 0.3) is 0 Å². The van der Waals surface area contributed by atoms with Crippen molar-refractivity contribution >= 4 is 52.2 Å². The number of halogens is 4. The normalized spacial score (nSPS) is 19.7. The van der Waals surface area contributed by atoms with Crippen LogP contribution in [-0.2, 0) is 27.1 Å². The fourth-order valence-electron chi connectivity index (χ4n) is 5.50. The Morgan fingerprint density at radius 2 is 1.67 bits per heavy atom. The zero-order chi connectivity index (χ0) is 30.6. The van der Waals surface area contributed by atoms with Crippen molar-refractivity contribution in [3.63, 3.8) is 0 Å². The Hall–Kier alpha value is -4.23. The molecule has 4 aromatic rings. The number of benzene rings is 3. The molecule has 1 saturated heterocycles. The Bertz CT molecular complexity index is 1830. The molecule has 0 aliphatic carbocycles. The van der Waals surface area contributed by atoms with E-state index in [1.165, 1.54) is 41.0 Å². The Labute approximate surface area is 250 Å². The molecule has 3 amide bonds. The summed E-state index contributed by atoms with van der Waals surface area (Å²) in [5.74, 6) is -4.92. The first-order valence-electron chi connectivity index (χ1n) is 13.0. The fourth-order valence-corrected chi connectivity index (χ4v) is 8.27. The van der Waals surface area contributed by atoms with Gasteiger partial charge in [0.2, 0.25) is 17.7 Å². The van der Waals surface area contributed by atoms with E-state index in [1.807, 2.05) is 13.0 Å². The minimum absolute atomic E-state index is 0.261. The van der Waals surface area contributed by atoms with Crippen LogP contribution >= 0.6 is 23.1 Å². The van der Waals surface area contributed by atoms with Crippen molar-refractivity contribution in [2.75, 3.05) is 10.2 Å². The van der Waals surface area contributed by atoms with Crippen LogP contribution in [0.1, 0.15) is 27.5 Å². The van der Waals surface area contributed by atoms with Gasteiger partial charge in [0.15, 0.2) is 0 Å². The monoisotopic (exact) mass is 627 g/mol. The summed E-state index contributed by atoms with van der Waals surface area (Å²) >= 11 is 1.66. The number of thiazole rings is 1. The SMILES string of the molecule is Cc1cccc(NC(=O)Cn2c3c(sc2=O)[C@H](c2ccc(F)cc2)C2C(=O)N(c4ccccc4C(F)(F)F)C(=O)C2S3)c1. The van der Waals surface area contributed by atoms with Crippen molar-refractivity contribution in [1.29, 1.82) is 0 Å². The number of carbonyl (C=O) groups is 3. The summed E-state index contributed by atoms with van der Waals surface area (Å²) in [5.41, 5.74) is 0.110. The van der Waals surface area contributed by atoms with Gasteiger partial charge in [0, 0.05) is 16.5 Å². The van der Waals surface area contributed by atoms with E-state index in [0.29, 0.717) is 21.0 Å². The average Bonchev–Trinajstić information content (AvgIpc) is 3.39. The quantitative estimate of drug-likeness (QED) is 0.223. The van der Waals surface area contributed by atoms with E-state index in [0.717, 1.165) is 40.8 Å². The van der Waals surface area contributed by atoms with Crippen LogP contribution in [0.4, 0.5) is 28.9 Å². The zero-order valence-electron chi connectivity index (χ0n) is 22.2. The molecular weight excluding hydrogens is 606 g/mol. The second-order valence-electron chi connectivity index (χ2n) is 10.2. The number of fused-ring (bicyclic) bond motifs is 2. The molecular formula is C30H21F4N3O4S2. The predicted octanol–water partition coefficient (Wildman–Crippen LogP) is 5.81. The molecule has 1 fully saturated rings. The topological polar surface area (TPSA) is 88.5 Å². The number of alkyl halides is 3. The molecule has 3 aromatic carbocycles. The molecule has 13 heteroatoms. The second kappa shape index (κ2) is 10.8. The van der Waals surface area contributed by atoms with Gasteiger partial charge in [0.1, 0.15) is 17.6 Å². The summed E-state index contributed by atoms with van der Waals surface area (Å²) < 4.78 is 56.8. The third kappa shape index (κ3) is 5.16. The van der Waals surface area contributed by atoms with Gasteiger partial charge < -0.3 is 5.32 Å². The van der Waals surface area contributed by atoms with Gasteiger partial charge in [-0.25, -0.2) is 9.29 Å². The number of carbonyl (C=O) groups excluding carboxylic acids is 3. The molecule has 3 atom stereocenters. The van der Waals surface area contributed by atoms with Crippen LogP contribution in [0.2, 0.25) is 0 Å². The number of nitrogens with one attached hydrogen (secondary N) is 1. The number of aryl methyl sites for hydroxylation is 1. The maximum absolute atomic E-state index is 13.9. The average molecular weight is 628 g/mol. The highest BCUT2D eigenvalue weighted by Gasteiger charge is 2.57. The number of aromatic nitrogens is 1. The van der Waals surface area contributed by atoms with Crippen molar-refractivity contribution in [3.05, 3.63) is 110 Å². The van der Waals surface area contributed by atoms with Crippen molar-refractivity contribution in [2.45, 2.75) is 35.8 Å². The highest BCUT2D eigenvalue weighted by Crippen LogP contribution is 2.54. The maximum Gasteiger partial charge on any atom is 0.418 e. The minimum atomic E-state index is -4.84. The summed E-state index contributed by atoms with van der Waals surface area (Å²) in [6.07, 6.45) is -4.84. The van der Waals surface area contributed by atoms with Crippen LogP contribution < -0.4 is 15.1 Å². The molecule has 2 aliphatic heterocycles. The van der Waals surface area contributed by atoms with Crippen LogP contribution in [0.15, 0.2) is 82.6 Å². The molecule has 0 radical (unpaired) electrons. The molecule has 43 heavy (non-hydrogen) atoms. The number of anilines is 2. The molecule has 220 valence electrons. The van der Waals surface area contributed by atoms with Crippen LogP contribution in [0.5, 0.6) is 0 Å². The lowest BCUT2D eigenvalue weighted by Gasteiger charge is -2.30. The smallest absolute Gasteiger partial charge is 0.325 e. The number of rotatable bonds is 5. The third-order valence-corrected chi connectivity index (χ3v) is 9.94. The van der Waals surface area contributed by atoms with E-state index in [1.54, 1.807) is 18.2 Å². The maximum atomic E-state index is 13.9. The molecule has 1 aromatic heterocycles. The molecule has 2 aliphatic rings. The van der Waals surface area contributed by atoms with E-state index in [4.69, 9.17) is 0 Å². The lowest BCUT2D eigenvalue weighted by molar-refractivity contribution is -0.137. The van der Waals surface area contributed by atoms with Crippen molar-refractivity contribution < 1.29 is 31.9 Å². The van der Waals surface area contributed by atoms with Crippen molar-refractivity contribution in [3.8, 4) is 0 Å². The Morgan fingerprint density at radius 3 is 2.37 bits per heavy atom. The van der Waals surface area contributed by atoms with Crippen LogP contribution in [0.25, 0.3) is 0 Å². The number of thioether (sulfide) groups is 1. The molecule has 7 nitrogen and oxygen atoms in total. The highest BCUT2D eigenvalue weighted by molar-refractivity contribution is 8.00. The van der Waals surface area contributed by atoms with E-state index < -0.39 is 69.5 Å². The summed E-state index contributed by atoms with van der Waals surface area (Å²) in [6.45, 7) is 1.45. The molecule has 2 unspecified atom stereocenters. The van der Waals surface area contributed by atoms with Gasteiger partial charge in [0.05, 0.1) is 22.2 Å². The molecule has 0 bridgehead atoms. The lowest BCUT2D eigenvalue weighted by atomic mass is 9.83. The number of hydrogen-bond donors (Lipinski definition) is 1.